The molecule has 2 aliphatic heterocycles. The van der Waals surface area contributed by atoms with Gasteiger partial charge in [0, 0.05) is 32.2 Å². The van der Waals surface area contributed by atoms with E-state index in [0.29, 0.717) is 6.54 Å². The van der Waals surface area contributed by atoms with E-state index in [2.05, 4.69) is 10.2 Å². The van der Waals surface area contributed by atoms with Gasteiger partial charge in [-0.2, -0.15) is 0 Å². The van der Waals surface area contributed by atoms with Gasteiger partial charge in [0.05, 0.1) is 6.61 Å². The van der Waals surface area contributed by atoms with E-state index in [1.165, 1.54) is 17.7 Å². The number of carbonyl (C=O) groups is 2. The highest BCUT2D eigenvalue weighted by atomic mass is 16.5. The predicted octanol–water partition coefficient (Wildman–Crippen LogP) is 1.46. The molecule has 0 radical (unpaired) electrons. The van der Waals surface area contributed by atoms with Crippen molar-refractivity contribution in [3.8, 4) is 0 Å². The fourth-order valence-corrected chi connectivity index (χ4v) is 3.74. The Morgan fingerprint density at radius 1 is 1.30 bits per heavy atom. The predicted molar refractivity (Wildman–Crippen MR) is 87.0 cm³/mol. The number of hydrogen-bond donors (Lipinski definition) is 1. The smallest absolute Gasteiger partial charge is 0.325 e. The first-order chi connectivity index (χ1) is 11.0. The Kier molecular flexibility index (Phi) is 4.92. The lowest BCUT2D eigenvalue weighted by molar-refractivity contribution is -0.133. The number of rotatable bonds is 7. The Morgan fingerprint density at radius 3 is 2.74 bits per heavy atom. The van der Waals surface area contributed by atoms with Gasteiger partial charge in [-0.25, -0.2) is 4.79 Å². The Bertz CT molecular complexity index is 466. The molecule has 0 bridgehead atoms. The SMILES string of the molecule is CCN1C(=O)N[C@](C)([C@H]2CCCN(CCOCC3CC3)C2)C1=O. The maximum absolute atomic E-state index is 12.6. The number of nitrogens with zero attached hydrogens (tertiary/aromatic N) is 2. The number of piperidine rings is 1. The lowest BCUT2D eigenvalue weighted by Gasteiger charge is -2.39. The van der Waals surface area contributed by atoms with Crippen LogP contribution in [0.25, 0.3) is 0 Å². The molecule has 0 spiro atoms. The lowest BCUT2D eigenvalue weighted by atomic mass is 9.80. The molecule has 1 aliphatic carbocycles. The fraction of sp³-hybridized carbons (Fsp3) is 0.882. The average molecular weight is 323 g/mol. The molecular weight excluding hydrogens is 294 g/mol. The summed E-state index contributed by atoms with van der Waals surface area (Å²) in [6.45, 7) is 8.65. The van der Waals surface area contributed by atoms with E-state index in [0.717, 1.165) is 51.6 Å². The van der Waals surface area contributed by atoms with Gasteiger partial charge in [-0.05, 0) is 52.0 Å². The molecule has 0 aromatic rings. The highest BCUT2D eigenvalue weighted by Gasteiger charge is 2.52. The highest BCUT2D eigenvalue weighted by molar-refractivity contribution is 6.07. The van der Waals surface area contributed by atoms with E-state index in [4.69, 9.17) is 4.74 Å². The third-order valence-corrected chi connectivity index (χ3v) is 5.54. The summed E-state index contributed by atoms with van der Waals surface area (Å²) < 4.78 is 5.73. The molecule has 0 unspecified atom stereocenters. The van der Waals surface area contributed by atoms with E-state index in [-0.39, 0.29) is 17.9 Å². The molecule has 2 atom stereocenters. The standard InChI is InChI=1S/C17H29N3O3/c1-3-20-15(21)17(2,18-16(20)22)14-5-4-8-19(11-14)9-10-23-12-13-6-7-13/h13-14H,3-12H2,1-2H3,(H,18,22)/t14-,17+/m0/s1. The van der Waals surface area contributed by atoms with Crippen molar-refractivity contribution in [1.29, 1.82) is 0 Å². The summed E-state index contributed by atoms with van der Waals surface area (Å²) in [5.74, 6) is 0.906. The number of likely N-dealkylation sites (tertiary alicyclic amines) is 1. The van der Waals surface area contributed by atoms with Gasteiger partial charge in [-0.1, -0.05) is 0 Å². The molecule has 0 aromatic heterocycles. The Hall–Kier alpha value is -1.14. The minimum absolute atomic E-state index is 0.0677. The number of ether oxygens (including phenoxy) is 1. The zero-order valence-electron chi connectivity index (χ0n) is 14.3. The molecule has 3 aliphatic rings. The van der Waals surface area contributed by atoms with Gasteiger partial charge in [0.25, 0.3) is 5.91 Å². The molecule has 6 heteroatoms. The van der Waals surface area contributed by atoms with Crippen LogP contribution >= 0.6 is 0 Å². The van der Waals surface area contributed by atoms with Crippen LogP contribution in [0.1, 0.15) is 39.5 Å². The van der Waals surface area contributed by atoms with E-state index in [1.54, 1.807) is 0 Å². The van der Waals surface area contributed by atoms with Crippen molar-refractivity contribution < 1.29 is 14.3 Å². The number of nitrogens with one attached hydrogen (secondary N) is 1. The Labute approximate surface area is 138 Å². The largest absolute Gasteiger partial charge is 0.380 e. The monoisotopic (exact) mass is 323 g/mol. The van der Waals surface area contributed by atoms with Gasteiger partial charge in [0.1, 0.15) is 5.54 Å². The van der Waals surface area contributed by atoms with Gasteiger partial charge in [-0.15, -0.1) is 0 Å². The van der Waals surface area contributed by atoms with Crippen LogP contribution in [0.2, 0.25) is 0 Å². The molecule has 23 heavy (non-hydrogen) atoms. The Balaban J connectivity index is 1.52. The zero-order valence-corrected chi connectivity index (χ0v) is 14.3. The topological polar surface area (TPSA) is 61.9 Å². The average Bonchev–Trinajstić information content (AvgIpc) is 3.33. The quantitative estimate of drug-likeness (QED) is 0.569. The maximum Gasteiger partial charge on any atom is 0.325 e. The molecule has 1 N–H and O–H groups in total. The fourth-order valence-electron chi connectivity index (χ4n) is 3.74. The minimum atomic E-state index is -0.749. The van der Waals surface area contributed by atoms with Gasteiger partial charge in [0.2, 0.25) is 0 Å². The van der Waals surface area contributed by atoms with Crippen molar-refractivity contribution in [2.24, 2.45) is 11.8 Å². The summed E-state index contributed by atoms with van der Waals surface area (Å²) in [5, 5.41) is 2.94. The van der Waals surface area contributed by atoms with Crippen molar-refractivity contribution in [2.75, 3.05) is 39.4 Å². The van der Waals surface area contributed by atoms with E-state index < -0.39 is 5.54 Å². The number of likely N-dealkylation sites (N-methyl/N-ethyl adjacent to an activating group) is 1. The van der Waals surface area contributed by atoms with Crippen LogP contribution < -0.4 is 5.32 Å². The van der Waals surface area contributed by atoms with Crippen molar-refractivity contribution in [3.63, 3.8) is 0 Å². The molecule has 2 saturated heterocycles. The number of carbonyl (C=O) groups excluding carboxylic acids is 2. The second-order valence-corrected chi connectivity index (χ2v) is 7.34. The first-order valence-electron chi connectivity index (χ1n) is 8.98. The van der Waals surface area contributed by atoms with Gasteiger partial charge >= 0.3 is 6.03 Å². The maximum atomic E-state index is 12.6. The summed E-state index contributed by atoms with van der Waals surface area (Å²) in [4.78, 5) is 28.3. The zero-order chi connectivity index (χ0) is 16.4. The summed E-state index contributed by atoms with van der Waals surface area (Å²) in [5.41, 5.74) is -0.749. The molecular formula is C17H29N3O3. The van der Waals surface area contributed by atoms with Crippen molar-refractivity contribution >= 4 is 11.9 Å². The number of amides is 3. The van der Waals surface area contributed by atoms with Crippen LogP contribution in [0.15, 0.2) is 0 Å². The molecule has 2 heterocycles. The Morgan fingerprint density at radius 2 is 2.09 bits per heavy atom. The first kappa shape index (κ1) is 16.7. The van der Waals surface area contributed by atoms with E-state index >= 15 is 0 Å². The summed E-state index contributed by atoms with van der Waals surface area (Å²) >= 11 is 0. The van der Waals surface area contributed by atoms with Crippen LogP contribution in [-0.2, 0) is 9.53 Å². The van der Waals surface area contributed by atoms with Crippen molar-refractivity contribution in [3.05, 3.63) is 0 Å². The third-order valence-electron chi connectivity index (χ3n) is 5.54. The number of urea groups is 1. The van der Waals surface area contributed by atoms with Crippen molar-refractivity contribution in [1.82, 2.24) is 15.1 Å². The van der Waals surface area contributed by atoms with E-state index in [1.807, 2.05) is 13.8 Å². The summed E-state index contributed by atoms with van der Waals surface area (Å²) in [6, 6.07) is -0.245. The van der Waals surface area contributed by atoms with Crippen LogP contribution in [0, 0.1) is 11.8 Å². The van der Waals surface area contributed by atoms with Crippen LogP contribution in [0.4, 0.5) is 4.79 Å². The highest BCUT2D eigenvalue weighted by Crippen LogP contribution is 2.32. The first-order valence-corrected chi connectivity index (χ1v) is 8.98. The molecule has 0 aromatic carbocycles. The third kappa shape index (κ3) is 3.53. The molecule has 3 amide bonds. The van der Waals surface area contributed by atoms with Gasteiger partial charge in [0.15, 0.2) is 0 Å². The molecule has 6 nitrogen and oxygen atoms in total. The van der Waals surface area contributed by atoms with Crippen LogP contribution in [0.3, 0.4) is 0 Å². The summed E-state index contributed by atoms with van der Waals surface area (Å²) in [7, 11) is 0. The molecule has 130 valence electrons. The second-order valence-electron chi connectivity index (χ2n) is 7.34. The van der Waals surface area contributed by atoms with E-state index in [9.17, 15) is 9.59 Å². The summed E-state index contributed by atoms with van der Waals surface area (Å²) in [6.07, 6.45) is 4.69. The number of hydrogen-bond acceptors (Lipinski definition) is 4. The normalized spacial score (nSPS) is 32.4. The lowest BCUT2D eigenvalue weighted by Crippen LogP contribution is -2.56. The van der Waals surface area contributed by atoms with Gasteiger partial charge in [-0.3, -0.25) is 9.69 Å². The number of imide groups is 1. The second kappa shape index (κ2) is 6.77. The molecule has 3 rings (SSSR count). The van der Waals surface area contributed by atoms with Crippen LogP contribution in [-0.4, -0.2) is 66.7 Å². The molecule has 1 saturated carbocycles. The minimum Gasteiger partial charge on any atom is -0.380 e. The van der Waals surface area contributed by atoms with Crippen molar-refractivity contribution in [2.45, 2.75) is 45.1 Å². The van der Waals surface area contributed by atoms with Crippen LogP contribution in [0.5, 0.6) is 0 Å². The molecule has 3 fully saturated rings. The van der Waals surface area contributed by atoms with Gasteiger partial charge < -0.3 is 15.0 Å².